The molecule has 1 atom stereocenters. The zero-order valence-electron chi connectivity index (χ0n) is 13.7. The van der Waals surface area contributed by atoms with E-state index in [4.69, 9.17) is 5.11 Å². The van der Waals surface area contributed by atoms with Gasteiger partial charge in [-0.05, 0) is 43.2 Å². The van der Waals surface area contributed by atoms with Crippen molar-refractivity contribution in [3.8, 4) is 0 Å². The molecule has 1 aromatic carbocycles. The molecule has 2 rings (SSSR count). The van der Waals surface area contributed by atoms with Crippen LogP contribution in [0.3, 0.4) is 0 Å². The molecule has 24 heavy (non-hydrogen) atoms. The molecule has 0 aliphatic carbocycles. The van der Waals surface area contributed by atoms with Gasteiger partial charge in [0.2, 0.25) is 5.91 Å². The maximum atomic E-state index is 13.0. The molecule has 2 aromatic rings. The van der Waals surface area contributed by atoms with Gasteiger partial charge in [0.15, 0.2) is 0 Å². The van der Waals surface area contributed by atoms with Gasteiger partial charge in [0.1, 0.15) is 11.6 Å². The summed E-state index contributed by atoms with van der Waals surface area (Å²) in [5, 5.41) is 11.9. The second-order valence-corrected chi connectivity index (χ2v) is 5.55. The van der Waals surface area contributed by atoms with Gasteiger partial charge in [0, 0.05) is 25.9 Å². The molecule has 0 unspecified atom stereocenters. The molecule has 1 heterocycles. The van der Waals surface area contributed by atoms with Gasteiger partial charge >= 0.3 is 0 Å². The van der Waals surface area contributed by atoms with Crippen molar-refractivity contribution in [3.05, 3.63) is 60.0 Å². The lowest BCUT2D eigenvalue weighted by Crippen LogP contribution is -2.42. The van der Waals surface area contributed by atoms with E-state index in [-0.39, 0.29) is 18.3 Å². The van der Waals surface area contributed by atoms with Crippen LogP contribution in [0.15, 0.2) is 48.7 Å². The zero-order valence-corrected chi connectivity index (χ0v) is 13.7. The van der Waals surface area contributed by atoms with Crippen LogP contribution in [0.2, 0.25) is 0 Å². The summed E-state index contributed by atoms with van der Waals surface area (Å²) in [5.41, 5.74) is 0.909. The van der Waals surface area contributed by atoms with Crippen molar-refractivity contribution in [2.24, 2.45) is 0 Å². The third kappa shape index (κ3) is 5.40. The second kappa shape index (κ2) is 9.10. The summed E-state index contributed by atoms with van der Waals surface area (Å²) in [6.07, 6.45) is 2.17. The molecule has 1 aromatic heterocycles. The number of aromatic nitrogens is 1. The molecular formula is C18H22FN3O2. The fourth-order valence-electron chi connectivity index (χ4n) is 2.34. The van der Waals surface area contributed by atoms with Gasteiger partial charge in [-0.2, -0.15) is 0 Å². The number of hydrogen-bond donors (Lipinski definition) is 2. The number of aliphatic hydroxyl groups is 1. The Morgan fingerprint density at radius 3 is 2.67 bits per heavy atom. The maximum absolute atomic E-state index is 13.0. The Labute approximate surface area is 141 Å². The number of pyridine rings is 1. The first kappa shape index (κ1) is 18.0. The Morgan fingerprint density at radius 1 is 1.29 bits per heavy atom. The molecule has 0 aliphatic rings. The topological polar surface area (TPSA) is 65.5 Å². The predicted molar refractivity (Wildman–Crippen MR) is 90.8 cm³/mol. The first-order valence-electron chi connectivity index (χ1n) is 7.91. The molecule has 0 radical (unpaired) electrons. The summed E-state index contributed by atoms with van der Waals surface area (Å²) < 4.78 is 13.0. The van der Waals surface area contributed by atoms with E-state index < -0.39 is 6.04 Å². The summed E-state index contributed by atoms with van der Waals surface area (Å²) in [4.78, 5) is 18.5. The number of anilines is 1. The largest absolute Gasteiger partial charge is 0.396 e. The predicted octanol–water partition coefficient (Wildman–Crippen LogP) is 2.43. The first-order chi connectivity index (χ1) is 11.6. The summed E-state index contributed by atoms with van der Waals surface area (Å²) in [5.74, 6) is 0.0357. The summed E-state index contributed by atoms with van der Waals surface area (Å²) in [6, 6.07) is 11.1. The quantitative estimate of drug-likeness (QED) is 0.780. The molecule has 2 N–H and O–H groups in total. The Kier molecular flexibility index (Phi) is 6.84. The highest BCUT2D eigenvalue weighted by Crippen LogP contribution is 2.12. The lowest BCUT2D eigenvalue weighted by atomic mass is 10.1. The standard InChI is InChI=1S/C18H22FN3O2/c1-14(18(24)21-17-5-2-3-10-20-17)22(11-4-12-23)13-15-6-8-16(19)9-7-15/h2-3,5-10,14,23H,4,11-13H2,1H3,(H,20,21,24)/t14-/m1/s1. The highest BCUT2D eigenvalue weighted by atomic mass is 19.1. The van der Waals surface area contributed by atoms with Crippen molar-refractivity contribution in [2.45, 2.75) is 25.9 Å². The van der Waals surface area contributed by atoms with E-state index >= 15 is 0 Å². The van der Waals surface area contributed by atoms with Gasteiger partial charge in [-0.25, -0.2) is 9.37 Å². The molecule has 0 aliphatic heterocycles. The van der Waals surface area contributed by atoms with E-state index in [9.17, 15) is 9.18 Å². The highest BCUT2D eigenvalue weighted by Gasteiger charge is 2.21. The lowest BCUT2D eigenvalue weighted by Gasteiger charge is -2.28. The van der Waals surface area contributed by atoms with Crippen molar-refractivity contribution in [1.82, 2.24) is 9.88 Å². The smallest absolute Gasteiger partial charge is 0.242 e. The molecule has 0 spiro atoms. The first-order valence-corrected chi connectivity index (χ1v) is 7.91. The number of benzene rings is 1. The van der Waals surface area contributed by atoms with Crippen LogP contribution in [-0.2, 0) is 11.3 Å². The van der Waals surface area contributed by atoms with Crippen molar-refractivity contribution in [3.63, 3.8) is 0 Å². The number of rotatable bonds is 8. The Morgan fingerprint density at radius 2 is 2.04 bits per heavy atom. The van der Waals surface area contributed by atoms with E-state index in [1.165, 1.54) is 12.1 Å². The number of halogens is 1. The minimum Gasteiger partial charge on any atom is -0.396 e. The lowest BCUT2D eigenvalue weighted by molar-refractivity contribution is -0.121. The fraction of sp³-hybridized carbons (Fsp3) is 0.333. The Hall–Kier alpha value is -2.31. The third-order valence-electron chi connectivity index (χ3n) is 3.75. The van der Waals surface area contributed by atoms with E-state index in [1.54, 1.807) is 43.5 Å². The number of nitrogens with zero attached hydrogens (tertiary/aromatic N) is 2. The number of nitrogens with one attached hydrogen (secondary N) is 1. The van der Waals surface area contributed by atoms with Crippen LogP contribution in [-0.4, -0.2) is 40.1 Å². The van der Waals surface area contributed by atoms with Crippen LogP contribution in [0.5, 0.6) is 0 Å². The average molecular weight is 331 g/mol. The third-order valence-corrected chi connectivity index (χ3v) is 3.75. The monoisotopic (exact) mass is 331 g/mol. The summed E-state index contributed by atoms with van der Waals surface area (Å²) in [7, 11) is 0. The Balaban J connectivity index is 2.04. The van der Waals surface area contributed by atoms with E-state index in [0.717, 1.165) is 5.56 Å². The van der Waals surface area contributed by atoms with Gasteiger partial charge in [0.25, 0.3) is 0 Å². The number of hydrogen-bond acceptors (Lipinski definition) is 4. The molecule has 0 bridgehead atoms. The van der Waals surface area contributed by atoms with Crippen molar-refractivity contribution in [1.29, 1.82) is 0 Å². The van der Waals surface area contributed by atoms with Crippen LogP contribution in [0.4, 0.5) is 10.2 Å². The number of aliphatic hydroxyl groups excluding tert-OH is 1. The molecule has 6 heteroatoms. The fourth-order valence-corrected chi connectivity index (χ4v) is 2.34. The molecule has 128 valence electrons. The minimum atomic E-state index is -0.413. The van der Waals surface area contributed by atoms with Gasteiger partial charge < -0.3 is 10.4 Å². The maximum Gasteiger partial charge on any atom is 0.242 e. The van der Waals surface area contributed by atoms with Crippen molar-refractivity contribution < 1.29 is 14.3 Å². The summed E-state index contributed by atoms with van der Waals surface area (Å²) in [6.45, 7) is 2.91. The number of carbonyl (C=O) groups is 1. The number of amides is 1. The molecule has 0 saturated heterocycles. The van der Waals surface area contributed by atoms with Crippen molar-refractivity contribution >= 4 is 11.7 Å². The van der Waals surface area contributed by atoms with Crippen molar-refractivity contribution in [2.75, 3.05) is 18.5 Å². The van der Waals surface area contributed by atoms with Crippen LogP contribution in [0.25, 0.3) is 0 Å². The SMILES string of the molecule is C[C@H](C(=O)Nc1ccccn1)N(CCCO)Cc1ccc(F)cc1. The van der Waals surface area contributed by atoms with Gasteiger partial charge in [-0.15, -0.1) is 0 Å². The molecule has 5 nitrogen and oxygen atoms in total. The highest BCUT2D eigenvalue weighted by molar-refractivity contribution is 5.93. The second-order valence-electron chi connectivity index (χ2n) is 5.55. The molecule has 0 saturated carbocycles. The van der Waals surface area contributed by atoms with Crippen LogP contribution in [0, 0.1) is 5.82 Å². The van der Waals surface area contributed by atoms with Gasteiger partial charge in [0.05, 0.1) is 6.04 Å². The number of carbonyl (C=O) groups excluding carboxylic acids is 1. The van der Waals surface area contributed by atoms with E-state index in [2.05, 4.69) is 10.3 Å². The van der Waals surface area contributed by atoms with Gasteiger partial charge in [-0.3, -0.25) is 9.69 Å². The van der Waals surface area contributed by atoms with Crippen LogP contribution >= 0.6 is 0 Å². The van der Waals surface area contributed by atoms with Crippen LogP contribution < -0.4 is 5.32 Å². The normalized spacial score (nSPS) is 12.2. The minimum absolute atomic E-state index is 0.0501. The van der Waals surface area contributed by atoms with E-state index in [1.807, 2.05) is 4.90 Å². The molecular weight excluding hydrogens is 309 g/mol. The van der Waals surface area contributed by atoms with E-state index in [0.29, 0.717) is 25.3 Å². The Bertz CT molecular complexity index is 634. The van der Waals surface area contributed by atoms with Crippen LogP contribution in [0.1, 0.15) is 18.9 Å². The molecule has 0 fully saturated rings. The summed E-state index contributed by atoms with van der Waals surface area (Å²) >= 11 is 0. The van der Waals surface area contributed by atoms with Gasteiger partial charge in [-0.1, -0.05) is 18.2 Å². The average Bonchev–Trinajstić information content (AvgIpc) is 2.60. The zero-order chi connectivity index (χ0) is 17.4. The molecule has 1 amide bonds.